The lowest BCUT2D eigenvalue weighted by molar-refractivity contribution is -0.116. The van der Waals surface area contributed by atoms with E-state index in [2.05, 4.69) is 5.32 Å². The van der Waals surface area contributed by atoms with Gasteiger partial charge in [0, 0.05) is 16.3 Å². The zero-order valence-electron chi connectivity index (χ0n) is 16.0. The summed E-state index contributed by atoms with van der Waals surface area (Å²) in [5.41, 5.74) is 2.74. The molecule has 0 aromatic heterocycles. The molecule has 0 fully saturated rings. The molecule has 0 aliphatic heterocycles. The molecule has 3 aromatic carbocycles. The van der Waals surface area contributed by atoms with E-state index in [4.69, 9.17) is 11.6 Å². The molecule has 0 spiro atoms. The molecule has 0 aliphatic carbocycles. The largest absolute Gasteiger partial charge is 0.324 e. The molecule has 0 bridgehead atoms. The number of nitrogens with one attached hydrogen (secondary N) is 1. The van der Waals surface area contributed by atoms with E-state index in [1.165, 1.54) is 6.07 Å². The van der Waals surface area contributed by atoms with Gasteiger partial charge in [-0.2, -0.15) is 0 Å². The van der Waals surface area contributed by atoms with Crippen LogP contribution in [0.25, 0.3) is 11.1 Å². The minimum atomic E-state index is -3.72. The molecule has 3 aromatic rings. The van der Waals surface area contributed by atoms with E-state index in [1.807, 2.05) is 48.5 Å². The number of carbonyl (C=O) groups excluding carboxylic acids is 1. The smallest absolute Gasteiger partial charge is 0.248 e. The van der Waals surface area contributed by atoms with Gasteiger partial charge in [-0.25, -0.2) is 8.42 Å². The second-order valence-corrected chi connectivity index (χ2v) is 8.91. The van der Waals surface area contributed by atoms with Gasteiger partial charge in [-0.15, -0.1) is 0 Å². The maximum Gasteiger partial charge on any atom is 0.248 e. The van der Waals surface area contributed by atoms with Gasteiger partial charge < -0.3 is 5.32 Å². The molecule has 1 unspecified atom stereocenters. The van der Waals surface area contributed by atoms with Crippen LogP contribution < -0.4 is 9.62 Å². The van der Waals surface area contributed by atoms with Crippen molar-refractivity contribution in [2.75, 3.05) is 15.9 Å². The van der Waals surface area contributed by atoms with E-state index < -0.39 is 22.0 Å². The number of hydrogen-bond acceptors (Lipinski definition) is 3. The maximum atomic E-state index is 13.0. The van der Waals surface area contributed by atoms with Crippen LogP contribution in [0.1, 0.15) is 6.92 Å². The Morgan fingerprint density at radius 2 is 1.62 bits per heavy atom. The first-order valence-electron chi connectivity index (χ1n) is 8.97. The summed E-state index contributed by atoms with van der Waals surface area (Å²) >= 11 is 6.02. The average Bonchev–Trinajstić information content (AvgIpc) is 2.68. The highest BCUT2D eigenvalue weighted by Gasteiger charge is 2.29. The summed E-state index contributed by atoms with van der Waals surface area (Å²) in [5.74, 6) is -0.446. The van der Waals surface area contributed by atoms with Crippen molar-refractivity contribution in [3.8, 4) is 11.1 Å². The summed E-state index contributed by atoms with van der Waals surface area (Å²) in [6.45, 7) is 1.54. The molecule has 5 nitrogen and oxygen atoms in total. The van der Waals surface area contributed by atoms with Gasteiger partial charge in [-0.05, 0) is 36.8 Å². The summed E-state index contributed by atoms with van der Waals surface area (Å²) < 4.78 is 25.9. The van der Waals surface area contributed by atoms with Gasteiger partial charge in [-0.1, -0.05) is 66.2 Å². The van der Waals surface area contributed by atoms with Crippen LogP contribution in [0.4, 0.5) is 11.4 Å². The summed E-state index contributed by atoms with van der Waals surface area (Å²) in [4.78, 5) is 13.0. The molecule has 7 heteroatoms. The van der Waals surface area contributed by atoms with Crippen molar-refractivity contribution in [3.63, 3.8) is 0 Å². The monoisotopic (exact) mass is 428 g/mol. The number of benzene rings is 3. The van der Waals surface area contributed by atoms with Crippen LogP contribution in [-0.4, -0.2) is 26.6 Å². The highest BCUT2D eigenvalue weighted by atomic mass is 35.5. The van der Waals surface area contributed by atoms with E-state index >= 15 is 0 Å². The predicted octanol–water partition coefficient (Wildman–Crippen LogP) is 4.80. The topological polar surface area (TPSA) is 66.5 Å². The Kier molecular flexibility index (Phi) is 6.25. The molecule has 1 atom stereocenters. The van der Waals surface area contributed by atoms with E-state index in [-0.39, 0.29) is 0 Å². The summed E-state index contributed by atoms with van der Waals surface area (Å²) in [7, 11) is -3.72. The molecular weight excluding hydrogens is 408 g/mol. The number of halogens is 1. The van der Waals surface area contributed by atoms with E-state index in [1.54, 1.807) is 31.2 Å². The van der Waals surface area contributed by atoms with Gasteiger partial charge in [0.2, 0.25) is 15.9 Å². The fraction of sp³-hybridized carbons (Fsp3) is 0.136. The molecule has 29 heavy (non-hydrogen) atoms. The van der Waals surface area contributed by atoms with Crippen LogP contribution in [0.3, 0.4) is 0 Å². The van der Waals surface area contributed by atoms with Crippen LogP contribution in [0.15, 0.2) is 78.9 Å². The van der Waals surface area contributed by atoms with Crippen LogP contribution in [0, 0.1) is 0 Å². The second kappa shape index (κ2) is 8.68. The number of rotatable bonds is 6. The van der Waals surface area contributed by atoms with Crippen LogP contribution in [0.5, 0.6) is 0 Å². The average molecular weight is 429 g/mol. The molecule has 1 N–H and O–H groups in total. The van der Waals surface area contributed by atoms with Crippen molar-refractivity contribution < 1.29 is 13.2 Å². The van der Waals surface area contributed by atoms with E-state index in [0.717, 1.165) is 21.7 Å². The minimum Gasteiger partial charge on any atom is -0.324 e. The van der Waals surface area contributed by atoms with Gasteiger partial charge >= 0.3 is 0 Å². The van der Waals surface area contributed by atoms with E-state index in [0.29, 0.717) is 16.4 Å². The Balaban J connectivity index is 1.92. The number of amides is 1. The Labute approximate surface area is 176 Å². The fourth-order valence-electron chi connectivity index (χ4n) is 3.12. The van der Waals surface area contributed by atoms with Crippen molar-refractivity contribution >= 4 is 38.9 Å². The van der Waals surface area contributed by atoms with Crippen molar-refractivity contribution in [2.24, 2.45) is 0 Å². The Morgan fingerprint density at radius 1 is 0.966 bits per heavy atom. The molecule has 0 aliphatic rings. The Bertz CT molecular complexity index is 1120. The highest BCUT2D eigenvalue weighted by molar-refractivity contribution is 7.92. The normalized spacial score (nSPS) is 12.2. The molecule has 0 saturated heterocycles. The van der Waals surface area contributed by atoms with Crippen molar-refractivity contribution in [1.29, 1.82) is 0 Å². The van der Waals surface area contributed by atoms with Gasteiger partial charge in [0.05, 0.1) is 11.9 Å². The molecule has 0 heterocycles. The first kappa shape index (κ1) is 20.9. The first-order chi connectivity index (χ1) is 13.8. The quantitative estimate of drug-likeness (QED) is 0.613. The highest BCUT2D eigenvalue weighted by Crippen LogP contribution is 2.29. The predicted molar refractivity (Wildman–Crippen MR) is 119 cm³/mol. The lowest BCUT2D eigenvalue weighted by Crippen LogP contribution is -2.45. The van der Waals surface area contributed by atoms with Crippen LogP contribution in [0.2, 0.25) is 5.02 Å². The number of nitrogens with zero attached hydrogens (tertiary/aromatic N) is 1. The summed E-state index contributed by atoms with van der Waals surface area (Å²) in [5, 5.41) is 3.25. The van der Waals surface area contributed by atoms with Gasteiger partial charge in [-0.3, -0.25) is 9.10 Å². The number of sulfonamides is 1. The standard InChI is InChI=1S/C22H21ClN2O3S/c1-16(25(29(2,27)28)19-12-8-11-18(23)15-19)22(26)24-21-14-7-6-13-20(21)17-9-4-3-5-10-17/h3-16H,1-2H3,(H,24,26). The van der Waals surface area contributed by atoms with Crippen molar-refractivity contribution in [2.45, 2.75) is 13.0 Å². The van der Waals surface area contributed by atoms with Gasteiger partial charge in [0.25, 0.3) is 0 Å². The third kappa shape index (κ3) is 4.96. The molecule has 0 radical (unpaired) electrons. The molecule has 3 rings (SSSR count). The number of carbonyl (C=O) groups is 1. The molecule has 150 valence electrons. The fourth-order valence-corrected chi connectivity index (χ4v) is 4.47. The number of anilines is 2. The lowest BCUT2D eigenvalue weighted by atomic mass is 10.0. The first-order valence-corrected chi connectivity index (χ1v) is 11.2. The lowest BCUT2D eigenvalue weighted by Gasteiger charge is -2.28. The number of para-hydroxylation sites is 1. The molecule has 0 saturated carbocycles. The SMILES string of the molecule is CC(C(=O)Nc1ccccc1-c1ccccc1)N(c1cccc(Cl)c1)S(C)(=O)=O. The second-order valence-electron chi connectivity index (χ2n) is 6.62. The summed E-state index contributed by atoms with van der Waals surface area (Å²) in [6.07, 6.45) is 1.07. The van der Waals surface area contributed by atoms with Crippen LogP contribution in [-0.2, 0) is 14.8 Å². The maximum absolute atomic E-state index is 13.0. The van der Waals surface area contributed by atoms with Crippen molar-refractivity contribution in [1.82, 2.24) is 0 Å². The van der Waals surface area contributed by atoms with Gasteiger partial charge in [0.1, 0.15) is 6.04 Å². The third-order valence-electron chi connectivity index (χ3n) is 4.42. The molecule has 1 amide bonds. The zero-order valence-corrected chi connectivity index (χ0v) is 17.6. The Hall–Kier alpha value is -2.83. The van der Waals surface area contributed by atoms with E-state index in [9.17, 15) is 13.2 Å². The van der Waals surface area contributed by atoms with Crippen LogP contribution >= 0.6 is 11.6 Å². The summed E-state index contributed by atoms with van der Waals surface area (Å²) in [6, 6.07) is 22.5. The number of hydrogen-bond donors (Lipinski definition) is 1. The molecular formula is C22H21ClN2O3S. The minimum absolute atomic E-state index is 0.332. The third-order valence-corrected chi connectivity index (χ3v) is 5.90. The zero-order chi connectivity index (χ0) is 21.0. The van der Waals surface area contributed by atoms with Crippen molar-refractivity contribution in [3.05, 3.63) is 83.9 Å². The van der Waals surface area contributed by atoms with Gasteiger partial charge in [0.15, 0.2) is 0 Å². The Morgan fingerprint density at radius 3 is 2.28 bits per heavy atom.